The number of hydrogen-bond acceptors (Lipinski definition) is 2. The van der Waals surface area contributed by atoms with Gasteiger partial charge in [-0.25, -0.2) is 8.78 Å². The molecule has 0 fully saturated rings. The number of para-hydroxylation sites is 1. The minimum Gasteiger partial charge on any atom is -0.397 e. The minimum absolute atomic E-state index is 0.00174. The van der Waals surface area contributed by atoms with Gasteiger partial charge in [0.05, 0.1) is 16.3 Å². The molecule has 0 spiro atoms. The minimum atomic E-state index is -0.783. The maximum atomic E-state index is 13.0. The number of hydrogen-bond donors (Lipinski definition) is 2. The molecule has 3 N–H and O–H groups in total. The number of carbonyl (C=O) groups excluding carboxylic acids is 1. The molecule has 98 valence electrons. The summed E-state index contributed by atoms with van der Waals surface area (Å²) in [4.78, 5) is 11.9. The Morgan fingerprint density at radius 3 is 2.42 bits per heavy atom. The summed E-state index contributed by atoms with van der Waals surface area (Å²) < 4.78 is 26.0. The first-order chi connectivity index (χ1) is 8.97. The number of nitrogen functional groups attached to an aromatic ring is 1. The van der Waals surface area contributed by atoms with Crippen molar-refractivity contribution in [3.8, 4) is 0 Å². The zero-order valence-electron chi connectivity index (χ0n) is 9.58. The molecule has 0 bridgehead atoms. The van der Waals surface area contributed by atoms with Crippen molar-refractivity contribution in [2.75, 3.05) is 11.1 Å². The van der Waals surface area contributed by atoms with Crippen molar-refractivity contribution in [3.05, 3.63) is 58.6 Å². The van der Waals surface area contributed by atoms with E-state index >= 15 is 0 Å². The molecule has 6 heteroatoms. The molecule has 0 atom stereocenters. The molecule has 2 aromatic carbocycles. The molecular weight excluding hydrogens is 274 g/mol. The monoisotopic (exact) mass is 282 g/mol. The fraction of sp³-hybridized carbons (Fsp3) is 0. The Bertz CT molecular complexity index is 626. The number of nitrogens with two attached hydrogens (primary N) is 1. The largest absolute Gasteiger partial charge is 0.397 e. The Hall–Kier alpha value is -2.14. The van der Waals surface area contributed by atoms with Crippen molar-refractivity contribution in [1.82, 2.24) is 0 Å². The topological polar surface area (TPSA) is 55.1 Å². The van der Waals surface area contributed by atoms with Crippen molar-refractivity contribution in [2.45, 2.75) is 0 Å². The second-order valence-corrected chi connectivity index (χ2v) is 4.22. The Kier molecular flexibility index (Phi) is 3.66. The van der Waals surface area contributed by atoms with Crippen LogP contribution in [0.25, 0.3) is 0 Å². The fourth-order valence-corrected chi connectivity index (χ4v) is 1.73. The van der Waals surface area contributed by atoms with Crippen molar-refractivity contribution in [3.63, 3.8) is 0 Å². The lowest BCUT2D eigenvalue weighted by molar-refractivity contribution is 0.102. The van der Waals surface area contributed by atoms with Crippen LogP contribution in [0.15, 0.2) is 36.4 Å². The van der Waals surface area contributed by atoms with Crippen LogP contribution >= 0.6 is 11.6 Å². The maximum absolute atomic E-state index is 13.0. The second kappa shape index (κ2) is 5.24. The third-order valence-corrected chi connectivity index (χ3v) is 2.75. The molecule has 0 radical (unpaired) electrons. The van der Waals surface area contributed by atoms with Gasteiger partial charge in [0.1, 0.15) is 11.6 Å². The van der Waals surface area contributed by atoms with Gasteiger partial charge in [0.2, 0.25) is 0 Å². The Balaban J connectivity index is 2.28. The van der Waals surface area contributed by atoms with Gasteiger partial charge in [0.25, 0.3) is 5.91 Å². The fourth-order valence-electron chi connectivity index (χ4n) is 1.56. The first kappa shape index (κ1) is 13.3. The predicted octanol–water partition coefficient (Wildman–Crippen LogP) is 3.45. The van der Waals surface area contributed by atoms with Gasteiger partial charge in [-0.05, 0) is 24.3 Å². The quantitative estimate of drug-likeness (QED) is 0.829. The summed E-state index contributed by atoms with van der Waals surface area (Å²) in [5.41, 5.74) is 5.90. The first-order valence-corrected chi connectivity index (χ1v) is 5.66. The number of carbonyl (C=O) groups is 1. The molecule has 0 aliphatic rings. The van der Waals surface area contributed by atoms with Crippen LogP contribution in [-0.4, -0.2) is 5.91 Å². The maximum Gasteiger partial charge on any atom is 0.257 e. The SMILES string of the molecule is Nc1c(Cl)cccc1C(=O)Nc1cc(F)cc(F)c1. The third-order valence-electron chi connectivity index (χ3n) is 2.42. The van der Waals surface area contributed by atoms with Crippen LogP contribution < -0.4 is 11.1 Å². The van der Waals surface area contributed by atoms with Gasteiger partial charge in [-0.3, -0.25) is 4.79 Å². The lowest BCUT2D eigenvalue weighted by atomic mass is 10.1. The Labute approximate surface area is 113 Å². The molecule has 0 unspecified atom stereocenters. The van der Waals surface area contributed by atoms with Crippen LogP contribution in [-0.2, 0) is 0 Å². The van der Waals surface area contributed by atoms with Gasteiger partial charge in [0.15, 0.2) is 0 Å². The zero-order chi connectivity index (χ0) is 14.0. The number of benzene rings is 2. The van der Waals surface area contributed by atoms with Gasteiger partial charge in [-0.15, -0.1) is 0 Å². The number of amides is 1. The third kappa shape index (κ3) is 3.00. The summed E-state index contributed by atoms with van der Waals surface area (Å²) in [6.07, 6.45) is 0. The zero-order valence-corrected chi connectivity index (χ0v) is 10.3. The molecule has 19 heavy (non-hydrogen) atoms. The van der Waals surface area contributed by atoms with Crippen molar-refractivity contribution in [1.29, 1.82) is 0 Å². The highest BCUT2D eigenvalue weighted by Gasteiger charge is 2.12. The average molecular weight is 283 g/mol. The summed E-state index contributed by atoms with van der Waals surface area (Å²) in [7, 11) is 0. The van der Waals surface area contributed by atoms with Crippen LogP contribution in [0.4, 0.5) is 20.2 Å². The van der Waals surface area contributed by atoms with E-state index in [9.17, 15) is 13.6 Å². The van der Waals surface area contributed by atoms with E-state index in [1.54, 1.807) is 6.07 Å². The highest BCUT2D eigenvalue weighted by atomic mass is 35.5. The number of anilines is 2. The Morgan fingerprint density at radius 2 is 1.79 bits per heavy atom. The molecule has 0 aliphatic heterocycles. The molecule has 0 saturated carbocycles. The summed E-state index contributed by atoms with van der Waals surface area (Å²) in [6, 6.07) is 7.27. The summed E-state index contributed by atoms with van der Waals surface area (Å²) in [5.74, 6) is -2.16. The standard InChI is InChI=1S/C13H9ClF2N2O/c14-11-3-1-2-10(12(11)17)13(19)18-9-5-7(15)4-8(16)6-9/h1-6H,17H2,(H,18,19). The number of rotatable bonds is 2. The van der Waals surface area contributed by atoms with Crippen LogP contribution in [0.2, 0.25) is 5.02 Å². The lowest BCUT2D eigenvalue weighted by Crippen LogP contribution is -2.14. The molecule has 0 saturated heterocycles. The molecule has 2 aromatic rings. The highest BCUT2D eigenvalue weighted by molar-refractivity contribution is 6.34. The molecule has 0 aromatic heterocycles. The summed E-state index contributed by atoms with van der Waals surface area (Å²) >= 11 is 5.79. The van der Waals surface area contributed by atoms with Gasteiger partial charge < -0.3 is 11.1 Å². The number of halogens is 3. The van der Waals surface area contributed by atoms with Crippen LogP contribution in [0.5, 0.6) is 0 Å². The van der Waals surface area contributed by atoms with E-state index in [1.807, 2.05) is 0 Å². The van der Waals surface area contributed by atoms with E-state index in [0.29, 0.717) is 6.07 Å². The van der Waals surface area contributed by atoms with Crippen LogP contribution in [0.1, 0.15) is 10.4 Å². The van der Waals surface area contributed by atoms with Crippen LogP contribution in [0.3, 0.4) is 0 Å². The molecular formula is C13H9ClF2N2O. The van der Waals surface area contributed by atoms with E-state index in [2.05, 4.69) is 5.32 Å². The molecule has 3 nitrogen and oxygen atoms in total. The Morgan fingerprint density at radius 1 is 1.16 bits per heavy atom. The average Bonchev–Trinajstić information content (AvgIpc) is 2.31. The van der Waals surface area contributed by atoms with E-state index in [1.165, 1.54) is 12.1 Å². The smallest absolute Gasteiger partial charge is 0.257 e. The summed E-state index contributed by atoms with van der Waals surface area (Å²) in [5, 5.41) is 2.58. The van der Waals surface area contributed by atoms with Gasteiger partial charge in [-0.1, -0.05) is 17.7 Å². The number of nitrogens with one attached hydrogen (secondary N) is 1. The second-order valence-electron chi connectivity index (χ2n) is 3.81. The molecule has 0 aliphatic carbocycles. The van der Waals surface area contributed by atoms with Crippen LogP contribution in [0, 0.1) is 11.6 Å². The highest BCUT2D eigenvalue weighted by Crippen LogP contribution is 2.23. The summed E-state index contributed by atoms with van der Waals surface area (Å²) in [6.45, 7) is 0. The van der Waals surface area contributed by atoms with E-state index in [0.717, 1.165) is 12.1 Å². The predicted molar refractivity (Wildman–Crippen MR) is 70.2 cm³/mol. The van der Waals surface area contributed by atoms with E-state index in [4.69, 9.17) is 17.3 Å². The van der Waals surface area contributed by atoms with E-state index in [-0.39, 0.29) is 22.0 Å². The van der Waals surface area contributed by atoms with Crippen molar-refractivity contribution in [2.24, 2.45) is 0 Å². The molecule has 2 rings (SSSR count). The van der Waals surface area contributed by atoms with E-state index < -0.39 is 17.5 Å². The normalized spacial score (nSPS) is 10.3. The van der Waals surface area contributed by atoms with Crippen molar-refractivity contribution >= 4 is 28.9 Å². The van der Waals surface area contributed by atoms with Gasteiger partial charge in [0, 0.05) is 11.8 Å². The van der Waals surface area contributed by atoms with Gasteiger partial charge in [-0.2, -0.15) is 0 Å². The van der Waals surface area contributed by atoms with Crippen molar-refractivity contribution < 1.29 is 13.6 Å². The lowest BCUT2D eigenvalue weighted by Gasteiger charge is -2.08. The van der Waals surface area contributed by atoms with Gasteiger partial charge >= 0.3 is 0 Å². The molecule has 0 heterocycles. The molecule has 1 amide bonds. The first-order valence-electron chi connectivity index (χ1n) is 5.29.